The monoisotopic (exact) mass is 301 g/mol. The van der Waals surface area contributed by atoms with E-state index in [2.05, 4.69) is 42.0 Å². The maximum atomic E-state index is 8.78. The van der Waals surface area contributed by atoms with Crippen molar-refractivity contribution < 1.29 is 9.84 Å². The Morgan fingerprint density at radius 3 is 2.65 bits per heavy atom. The van der Waals surface area contributed by atoms with Gasteiger partial charge in [0.2, 0.25) is 0 Å². The molecule has 0 aliphatic carbocycles. The standard InChI is InChI=1S/C13H20BrNO2/c1-13(2,3)15-9-10-8-11(14)4-5-12(10)17-7-6-16/h4-5,8,15-16H,6-7,9H2,1-3H3. The molecule has 0 atom stereocenters. The third kappa shape index (κ3) is 5.52. The lowest BCUT2D eigenvalue weighted by Gasteiger charge is -2.21. The smallest absolute Gasteiger partial charge is 0.123 e. The molecule has 4 heteroatoms. The minimum atomic E-state index is 0.0300. The van der Waals surface area contributed by atoms with Crippen molar-refractivity contribution in [3.05, 3.63) is 28.2 Å². The normalized spacial score (nSPS) is 11.6. The summed E-state index contributed by atoms with van der Waals surface area (Å²) in [4.78, 5) is 0. The predicted molar refractivity (Wildman–Crippen MR) is 73.3 cm³/mol. The molecule has 1 rings (SSSR count). The van der Waals surface area contributed by atoms with Crippen LogP contribution in [-0.4, -0.2) is 23.9 Å². The highest BCUT2D eigenvalue weighted by Gasteiger charge is 2.11. The molecule has 17 heavy (non-hydrogen) atoms. The second-order valence-electron chi connectivity index (χ2n) is 4.93. The lowest BCUT2D eigenvalue weighted by Crippen LogP contribution is -2.35. The first kappa shape index (κ1) is 14.5. The Morgan fingerprint density at radius 1 is 1.35 bits per heavy atom. The van der Waals surface area contributed by atoms with Crippen LogP contribution in [-0.2, 0) is 6.54 Å². The molecule has 0 heterocycles. The summed E-state index contributed by atoms with van der Waals surface area (Å²) in [5.74, 6) is 0.819. The fourth-order valence-electron chi connectivity index (χ4n) is 1.34. The average molecular weight is 302 g/mol. The number of hydrogen-bond donors (Lipinski definition) is 2. The molecule has 0 aliphatic rings. The van der Waals surface area contributed by atoms with Crippen LogP contribution in [0.1, 0.15) is 26.3 Å². The molecule has 0 amide bonds. The van der Waals surface area contributed by atoms with Crippen molar-refractivity contribution in [2.24, 2.45) is 0 Å². The second-order valence-corrected chi connectivity index (χ2v) is 5.84. The molecule has 0 unspecified atom stereocenters. The van der Waals surface area contributed by atoms with E-state index in [9.17, 15) is 0 Å². The zero-order valence-electron chi connectivity index (χ0n) is 10.6. The number of rotatable bonds is 5. The van der Waals surface area contributed by atoms with Crippen molar-refractivity contribution in [3.8, 4) is 5.75 Å². The number of ether oxygens (including phenoxy) is 1. The number of nitrogens with one attached hydrogen (secondary N) is 1. The fourth-order valence-corrected chi connectivity index (χ4v) is 1.75. The Morgan fingerprint density at radius 2 is 2.06 bits per heavy atom. The molecule has 1 aromatic rings. The first-order valence-corrected chi connectivity index (χ1v) is 6.49. The van der Waals surface area contributed by atoms with Gasteiger partial charge in [0.15, 0.2) is 0 Å². The van der Waals surface area contributed by atoms with Gasteiger partial charge in [-0.3, -0.25) is 0 Å². The van der Waals surface area contributed by atoms with Crippen molar-refractivity contribution in [3.63, 3.8) is 0 Å². The molecule has 0 spiro atoms. The summed E-state index contributed by atoms with van der Waals surface area (Å²) in [6.07, 6.45) is 0. The Bertz CT molecular complexity index is 361. The van der Waals surface area contributed by atoms with Crippen molar-refractivity contribution >= 4 is 15.9 Å². The van der Waals surface area contributed by atoms with Gasteiger partial charge in [0.25, 0.3) is 0 Å². The summed E-state index contributed by atoms with van der Waals surface area (Å²) in [5.41, 5.74) is 1.15. The highest BCUT2D eigenvalue weighted by molar-refractivity contribution is 9.10. The molecule has 0 aromatic heterocycles. The predicted octanol–water partition coefficient (Wildman–Crippen LogP) is 2.71. The summed E-state index contributed by atoms with van der Waals surface area (Å²) in [6.45, 7) is 7.47. The summed E-state index contributed by atoms with van der Waals surface area (Å²) in [7, 11) is 0. The Balaban J connectivity index is 2.76. The van der Waals surface area contributed by atoms with Gasteiger partial charge in [-0.2, -0.15) is 0 Å². The van der Waals surface area contributed by atoms with Crippen molar-refractivity contribution in [1.82, 2.24) is 5.32 Å². The summed E-state index contributed by atoms with van der Waals surface area (Å²) >= 11 is 3.45. The number of halogens is 1. The number of benzene rings is 1. The molecule has 0 bridgehead atoms. The van der Waals surface area contributed by atoms with Crippen molar-refractivity contribution in [2.75, 3.05) is 13.2 Å². The average Bonchev–Trinajstić information content (AvgIpc) is 2.24. The van der Waals surface area contributed by atoms with E-state index in [1.807, 2.05) is 18.2 Å². The minimum Gasteiger partial charge on any atom is -0.491 e. The van der Waals surface area contributed by atoms with E-state index in [1.54, 1.807) is 0 Å². The Labute approximate surface area is 111 Å². The van der Waals surface area contributed by atoms with E-state index in [4.69, 9.17) is 9.84 Å². The van der Waals surface area contributed by atoms with Crippen LogP contribution in [0.5, 0.6) is 5.75 Å². The summed E-state index contributed by atoms with van der Waals surface area (Å²) < 4.78 is 6.52. The number of aliphatic hydroxyl groups is 1. The van der Waals surface area contributed by atoms with E-state index in [0.29, 0.717) is 6.61 Å². The zero-order chi connectivity index (χ0) is 12.9. The molecule has 3 nitrogen and oxygen atoms in total. The van der Waals surface area contributed by atoms with Crippen molar-refractivity contribution in [1.29, 1.82) is 0 Å². The third-order valence-corrected chi connectivity index (χ3v) is 2.67. The van der Waals surface area contributed by atoms with Gasteiger partial charge in [0.05, 0.1) is 6.61 Å². The van der Waals surface area contributed by atoms with Crippen LogP contribution < -0.4 is 10.1 Å². The molecule has 0 saturated carbocycles. The van der Waals surface area contributed by atoms with Crippen LogP contribution in [0.2, 0.25) is 0 Å². The van der Waals surface area contributed by atoms with Crippen molar-refractivity contribution in [2.45, 2.75) is 32.9 Å². The van der Waals surface area contributed by atoms with Crippen LogP contribution in [0.15, 0.2) is 22.7 Å². The lowest BCUT2D eigenvalue weighted by molar-refractivity contribution is 0.200. The molecule has 1 aromatic carbocycles. The molecule has 0 radical (unpaired) electrons. The topological polar surface area (TPSA) is 41.5 Å². The van der Waals surface area contributed by atoms with Crippen LogP contribution in [0.4, 0.5) is 0 Å². The fraction of sp³-hybridized carbons (Fsp3) is 0.538. The Hall–Kier alpha value is -0.580. The van der Waals surface area contributed by atoms with Gasteiger partial charge in [-0.1, -0.05) is 15.9 Å². The van der Waals surface area contributed by atoms with Gasteiger partial charge in [-0.05, 0) is 39.0 Å². The quantitative estimate of drug-likeness (QED) is 0.879. The first-order valence-electron chi connectivity index (χ1n) is 5.69. The van der Waals surface area contributed by atoms with Crippen LogP contribution in [0.25, 0.3) is 0 Å². The molecule has 0 fully saturated rings. The maximum absolute atomic E-state index is 8.78. The zero-order valence-corrected chi connectivity index (χ0v) is 12.2. The van der Waals surface area contributed by atoms with E-state index in [1.165, 1.54) is 0 Å². The summed E-state index contributed by atoms with van der Waals surface area (Å²) in [5, 5.41) is 12.2. The highest BCUT2D eigenvalue weighted by atomic mass is 79.9. The first-order chi connectivity index (χ1) is 7.92. The second kappa shape index (κ2) is 6.38. The molecule has 0 aliphatic heterocycles. The summed E-state index contributed by atoms with van der Waals surface area (Å²) in [6, 6.07) is 5.89. The minimum absolute atomic E-state index is 0.0300. The third-order valence-electron chi connectivity index (χ3n) is 2.18. The molecule has 0 saturated heterocycles. The van der Waals surface area contributed by atoms with E-state index >= 15 is 0 Å². The van der Waals surface area contributed by atoms with Gasteiger partial charge in [0, 0.05) is 22.1 Å². The van der Waals surface area contributed by atoms with Crippen LogP contribution >= 0.6 is 15.9 Å². The van der Waals surface area contributed by atoms with Gasteiger partial charge in [-0.15, -0.1) is 0 Å². The van der Waals surface area contributed by atoms with E-state index < -0.39 is 0 Å². The molecule has 96 valence electrons. The van der Waals surface area contributed by atoms with Crippen LogP contribution in [0.3, 0.4) is 0 Å². The maximum Gasteiger partial charge on any atom is 0.123 e. The SMILES string of the molecule is CC(C)(C)NCc1cc(Br)ccc1OCCO. The lowest BCUT2D eigenvalue weighted by atomic mass is 10.1. The van der Waals surface area contributed by atoms with Crippen LogP contribution in [0, 0.1) is 0 Å². The van der Waals surface area contributed by atoms with E-state index in [0.717, 1.165) is 22.3 Å². The van der Waals surface area contributed by atoms with Gasteiger partial charge >= 0.3 is 0 Å². The molecular formula is C13H20BrNO2. The molecule has 2 N–H and O–H groups in total. The Kier molecular flexibility index (Phi) is 5.43. The van der Waals surface area contributed by atoms with Gasteiger partial charge in [0.1, 0.15) is 12.4 Å². The largest absolute Gasteiger partial charge is 0.491 e. The van der Waals surface area contributed by atoms with Gasteiger partial charge < -0.3 is 15.2 Å². The molecular weight excluding hydrogens is 282 g/mol. The van der Waals surface area contributed by atoms with E-state index in [-0.39, 0.29) is 12.1 Å². The number of aliphatic hydroxyl groups excluding tert-OH is 1. The number of hydrogen-bond acceptors (Lipinski definition) is 3. The highest BCUT2D eigenvalue weighted by Crippen LogP contribution is 2.23. The van der Waals surface area contributed by atoms with Gasteiger partial charge in [-0.25, -0.2) is 0 Å².